The number of aromatic nitrogens is 2. The first kappa shape index (κ1) is 15.0. The summed E-state index contributed by atoms with van der Waals surface area (Å²) in [5.74, 6) is 0. The van der Waals surface area contributed by atoms with Crippen molar-refractivity contribution in [3.8, 4) is 0 Å². The van der Waals surface area contributed by atoms with E-state index in [4.69, 9.17) is 4.74 Å². The SMILES string of the molecule is O=C(NCC[C@@H]1CCCCO1)Nc1nnc(C(F)F)s1. The predicted molar refractivity (Wildman–Crippen MR) is 70.1 cm³/mol. The van der Waals surface area contributed by atoms with Crippen LogP contribution < -0.4 is 10.6 Å². The van der Waals surface area contributed by atoms with Gasteiger partial charge in [0.25, 0.3) is 6.43 Å². The summed E-state index contributed by atoms with van der Waals surface area (Å²) in [5, 5.41) is 11.4. The Labute approximate surface area is 118 Å². The fraction of sp³-hybridized carbons (Fsp3) is 0.727. The van der Waals surface area contributed by atoms with Gasteiger partial charge in [0, 0.05) is 13.2 Å². The number of nitrogens with zero attached hydrogens (tertiary/aromatic N) is 2. The van der Waals surface area contributed by atoms with Crippen LogP contribution in [0.3, 0.4) is 0 Å². The highest BCUT2D eigenvalue weighted by Gasteiger charge is 2.16. The van der Waals surface area contributed by atoms with Crippen molar-refractivity contribution < 1.29 is 18.3 Å². The molecule has 0 spiro atoms. The van der Waals surface area contributed by atoms with Crippen LogP contribution in [0.4, 0.5) is 18.7 Å². The molecule has 0 aliphatic carbocycles. The molecule has 2 heterocycles. The third-order valence-corrected chi connectivity index (χ3v) is 3.72. The van der Waals surface area contributed by atoms with Gasteiger partial charge < -0.3 is 10.1 Å². The molecule has 1 aromatic rings. The average Bonchev–Trinajstić information content (AvgIpc) is 2.88. The number of alkyl halides is 2. The third-order valence-electron chi connectivity index (χ3n) is 2.87. The van der Waals surface area contributed by atoms with Gasteiger partial charge in [-0.25, -0.2) is 13.6 Å². The van der Waals surface area contributed by atoms with E-state index in [-0.39, 0.29) is 11.2 Å². The molecule has 1 atom stereocenters. The molecule has 0 aromatic carbocycles. The monoisotopic (exact) mass is 306 g/mol. The number of hydrogen-bond donors (Lipinski definition) is 2. The van der Waals surface area contributed by atoms with Crippen LogP contribution in [-0.2, 0) is 4.74 Å². The molecular weight excluding hydrogens is 290 g/mol. The lowest BCUT2D eigenvalue weighted by atomic mass is 10.1. The van der Waals surface area contributed by atoms with Gasteiger partial charge in [0.1, 0.15) is 0 Å². The van der Waals surface area contributed by atoms with Crippen molar-refractivity contribution in [3.05, 3.63) is 5.01 Å². The molecule has 1 aliphatic heterocycles. The molecule has 1 fully saturated rings. The Bertz CT molecular complexity index is 438. The number of halogens is 2. The van der Waals surface area contributed by atoms with Gasteiger partial charge in [-0.3, -0.25) is 5.32 Å². The smallest absolute Gasteiger partial charge is 0.321 e. The van der Waals surface area contributed by atoms with E-state index in [0.717, 1.165) is 32.3 Å². The van der Waals surface area contributed by atoms with E-state index in [2.05, 4.69) is 20.8 Å². The van der Waals surface area contributed by atoms with Gasteiger partial charge in [-0.1, -0.05) is 11.3 Å². The zero-order valence-electron chi connectivity index (χ0n) is 10.8. The highest BCUT2D eigenvalue weighted by Crippen LogP contribution is 2.24. The van der Waals surface area contributed by atoms with Crippen molar-refractivity contribution >= 4 is 22.5 Å². The summed E-state index contributed by atoms with van der Waals surface area (Å²) < 4.78 is 30.1. The maximum absolute atomic E-state index is 12.3. The van der Waals surface area contributed by atoms with Crippen molar-refractivity contribution in [2.45, 2.75) is 38.2 Å². The van der Waals surface area contributed by atoms with E-state index in [1.807, 2.05) is 0 Å². The van der Waals surface area contributed by atoms with Gasteiger partial charge in [-0.2, -0.15) is 0 Å². The molecule has 20 heavy (non-hydrogen) atoms. The molecule has 112 valence electrons. The summed E-state index contributed by atoms with van der Waals surface area (Å²) in [6.07, 6.45) is 1.51. The van der Waals surface area contributed by atoms with Crippen LogP contribution in [0.5, 0.6) is 0 Å². The fourth-order valence-electron chi connectivity index (χ4n) is 1.90. The van der Waals surface area contributed by atoms with E-state index in [0.29, 0.717) is 17.9 Å². The van der Waals surface area contributed by atoms with Crippen LogP contribution >= 0.6 is 11.3 Å². The Morgan fingerprint density at radius 1 is 1.45 bits per heavy atom. The second-order valence-electron chi connectivity index (χ2n) is 4.40. The second kappa shape index (κ2) is 7.44. The van der Waals surface area contributed by atoms with Crippen LogP contribution in [0.15, 0.2) is 0 Å². The molecule has 0 radical (unpaired) electrons. The average molecular weight is 306 g/mol. The lowest BCUT2D eigenvalue weighted by Gasteiger charge is -2.22. The first-order valence-corrected chi connectivity index (χ1v) is 7.25. The van der Waals surface area contributed by atoms with Gasteiger partial charge in [0.2, 0.25) is 5.13 Å². The summed E-state index contributed by atoms with van der Waals surface area (Å²) in [7, 11) is 0. The lowest BCUT2D eigenvalue weighted by molar-refractivity contribution is 0.0120. The molecule has 1 aliphatic rings. The largest absolute Gasteiger partial charge is 0.378 e. The molecule has 2 rings (SSSR count). The Balaban J connectivity index is 1.66. The number of carbonyl (C=O) groups excluding carboxylic acids is 1. The number of amides is 2. The maximum Gasteiger partial charge on any atom is 0.321 e. The number of carbonyl (C=O) groups is 1. The van der Waals surface area contributed by atoms with Crippen molar-refractivity contribution in [1.82, 2.24) is 15.5 Å². The minimum atomic E-state index is -2.67. The molecule has 0 unspecified atom stereocenters. The topological polar surface area (TPSA) is 76.1 Å². The molecule has 1 saturated heterocycles. The number of ether oxygens (including phenoxy) is 1. The van der Waals surface area contributed by atoms with Crippen molar-refractivity contribution in [1.29, 1.82) is 0 Å². The van der Waals surface area contributed by atoms with Crippen LogP contribution in [0, 0.1) is 0 Å². The maximum atomic E-state index is 12.3. The molecule has 2 N–H and O–H groups in total. The normalized spacial score (nSPS) is 19.1. The number of nitrogens with one attached hydrogen (secondary N) is 2. The Morgan fingerprint density at radius 3 is 2.95 bits per heavy atom. The molecule has 0 bridgehead atoms. The second-order valence-corrected chi connectivity index (χ2v) is 5.41. The summed E-state index contributed by atoms with van der Waals surface area (Å²) in [6, 6.07) is -0.474. The molecule has 9 heteroatoms. The van der Waals surface area contributed by atoms with Crippen LogP contribution in [0.2, 0.25) is 0 Å². The van der Waals surface area contributed by atoms with Crippen LogP contribution in [-0.4, -0.2) is 35.5 Å². The highest BCUT2D eigenvalue weighted by molar-refractivity contribution is 7.15. The first-order valence-electron chi connectivity index (χ1n) is 6.43. The predicted octanol–water partition coefficient (Wildman–Crippen LogP) is 2.56. The Kier molecular flexibility index (Phi) is 5.60. The minimum Gasteiger partial charge on any atom is -0.378 e. The standard InChI is InChI=1S/C11H16F2N4O2S/c12-8(13)9-16-17-11(20-9)15-10(18)14-5-4-7-3-1-2-6-19-7/h7-8H,1-6H2,(H2,14,15,17,18)/t7-/m0/s1. The van der Waals surface area contributed by atoms with Crippen molar-refractivity contribution in [2.24, 2.45) is 0 Å². The van der Waals surface area contributed by atoms with Crippen molar-refractivity contribution in [3.63, 3.8) is 0 Å². The van der Waals surface area contributed by atoms with Gasteiger partial charge in [0.15, 0.2) is 5.01 Å². The molecule has 6 nitrogen and oxygen atoms in total. The van der Waals surface area contributed by atoms with Crippen LogP contribution in [0.1, 0.15) is 37.1 Å². The van der Waals surface area contributed by atoms with Gasteiger partial charge in [-0.15, -0.1) is 10.2 Å². The fourth-order valence-corrected chi connectivity index (χ4v) is 2.49. The zero-order valence-corrected chi connectivity index (χ0v) is 11.6. The molecule has 0 saturated carbocycles. The van der Waals surface area contributed by atoms with Gasteiger partial charge in [0.05, 0.1) is 6.10 Å². The number of rotatable bonds is 5. The number of hydrogen-bond acceptors (Lipinski definition) is 5. The lowest BCUT2D eigenvalue weighted by Crippen LogP contribution is -2.32. The quantitative estimate of drug-likeness (QED) is 0.876. The zero-order chi connectivity index (χ0) is 14.4. The third kappa shape index (κ3) is 4.64. The number of urea groups is 1. The summed E-state index contributed by atoms with van der Waals surface area (Å²) in [6.45, 7) is 1.25. The Hall–Kier alpha value is -1.35. The van der Waals surface area contributed by atoms with E-state index in [9.17, 15) is 13.6 Å². The van der Waals surface area contributed by atoms with E-state index in [1.165, 1.54) is 0 Å². The summed E-state index contributed by atoms with van der Waals surface area (Å²) >= 11 is 0.662. The summed E-state index contributed by atoms with van der Waals surface area (Å²) in [5.41, 5.74) is 0. The van der Waals surface area contributed by atoms with E-state index in [1.54, 1.807) is 0 Å². The molecule has 2 amide bonds. The molecule has 1 aromatic heterocycles. The first-order chi connectivity index (χ1) is 9.65. The van der Waals surface area contributed by atoms with Gasteiger partial charge in [-0.05, 0) is 25.7 Å². The highest BCUT2D eigenvalue weighted by atomic mass is 32.1. The van der Waals surface area contributed by atoms with Crippen molar-refractivity contribution in [2.75, 3.05) is 18.5 Å². The molecular formula is C11H16F2N4O2S. The number of anilines is 1. The van der Waals surface area contributed by atoms with Gasteiger partial charge >= 0.3 is 6.03 Å². The van der Waals surface area contributed by atoms with E-state index >= 15 is 0 Å². The minimum absolute atomic E-state index is 0.0618. The Morgan fingerprint density at radius 2 is 2.30 bits per heavy atom. The van der Waals surface area contributed by atoms with E-state index < -0.39 is 17.5 Å². The van der Waals surface area contributed by atoms with Crippen LogP contribution in [0.25, 0.3) is 0 Å². The summed E-state index contributed by atoms with van der Waals surface area (Å²) in [4.78, 5) is 11.5.